The maximum Gasteiger partial charge on any atom is 0.229 e. The Bertz CT molecular complexity index is 588. The molecule has 0 N–H and O–H groups in total. The van der Waals surface area contributed by atoms with E-state index in [1.165, 1.54) is 24.3 Å². The third-order valence-corrected chi connectivity index (χ3v) is 2.95. The van der Waals surface area contributed by atoms with Gasteiger partial charge in [0.2, 0.25) is 5.88 Å². The zero-order valence-electron chi connectivity index (χ0n) is 10.1. The summed E-state index contributed by atoms with van der Waals surface area (Å²) in [5, 5.41) is 4.48. The van der Waals surface area contributed by atoms with Crippen LogP contribution in [-0.4, -0.2) is 21.0 Å². The fourth-order valence-corrected chi connectivity index (χ4v) is 2.16. The quantitative estimate of drug-likeness (QED) is 0.813. The normalized spacial score (nSPS) is 10.7. The molecule has 0 spiro atoms. The van der Waals surface area contributed by atoms with Gasteiger partial charge in [0.25, 0.3) is 0 Å². The standard InChI is InChI=1S/C11H11ClFN3OS/c1-6-9(15-16(2)11(6)17-18-3)10-8(13)4-7(12)5-14-10/h4-5H,1-3H3. The molecule has 2 aromatic heterocycles. The van der Waals surface area contributed by atoms with Gasteiger partial charge in [-0.15, -0.1) is 0 Å². The van der Waals surface area contributed by atoms with E-state index in [0.29, 0.717) is 11.6 Å². The Labute approximate surface area is 113 Å². The van der Waals surface area contributed by atoms with Crippen LogP contribution in [0.4, 0.5) is 4.39 Å². The third-order valence-electron chi connectivity index (χ3n) is 2.41. The van der Waals surface area contributed by atoms with E-state index < -0.39 is 5.82 Å². The van der Waals surface area contributed by atoms with Gasteiger partial charge in [0.1, 0.15) is 11.4 Å². The molecule has 0 aliphatic heterocycles. The smallest absolute Gasteiger partial charge is 0.229 e. The van der Waals surface area contributed by atoms with Crippen LogP contribution in [0.3, 0.4) is 0 Å². The topological polar surface area (TPSA) is 39.9 Å². The Morgan fingerprint density at radius 1 is 1.44 bits per heavy atom. The van der Waals surface area contributed by atoms with E-state index in [0.717, 1.165) is 5.56 Å². The Kier molecular flexibility index (Phi) is 3.77. The Morgan fingerprint density at radius 3 is 2.78 bits per heavy atom. The average molecular weight is 288 g/mol. The highest BCUT2D eigenvalue weighted by atomic mass is 35.5. The van der Waals surface area contributed by atoms with Gasteiger partial charge in [0.05, 0.1) is 17.1 Å². The van der Waals surface area contributed by atoms with Crippen LogP contribution in [-0.2, 0) is 7.05 Å². The lowest BCUT2D eigenvalue weighted by molar-refractivity contribution is 0.549. The molecule has 2 aromatic rings. The maximum absolute atomic E-state index is 13.8. The van der Waals surface area contributed by atoms with Gasteiger partial charge in [-0.05, 0) is 13.0 Å². The van der Waals surface area contributed by atoms with Gasteiger partial charge in [0, 0.05) is 25.1 Å². The molecule has 0 atom stereocenters. The molecule has 7 heteroatoms. The van der Waals surface area contributed by atoms with Crippen LogP contribution in [0.5, 0.6) is 5.88 Å². The number of rotatable bonds is 3. The SMILES string of the molecule is CSOc1c(C)c(-c2ncc(Cl)cc2F)nn1C. The maximum atomic E-state index is 13.8. The number of aryl methyl sites for hydroxylation is 1. The van der Waals surface area contributed by atoms with Gasteiger partial charge in [0.15, 0.2) is 5.82 Å². The number of aromatic nitrogens is 3. The van der Waals surface area contributed by atoms with Crippen LogP contribution in [0, 0.1) is 12.7 Å². The van der Waals surface area contributed by atoms with Crippen LogP contribution >= 0.6 is 23.6 Å². The monoisotopic (exact) mass is 287 g/mol. The first-order valence-electron chi connectivity index (χ1n) is 5.10. The van der Waals surface area contributed by atoms with Crippen molar-refractivity contribution in [3.8, 4) is 17.3 Å². The average Bonchev–Trinajstić information content (AvgIpc) is 2.58. The first kappa shape index (κ1) is 13.2. The molecule has 0 saturated carbocycles. The van der Waals surface area contributed by atoms with Crippen LogP contribution in [0.25, 0.3) is 11.4 Å². The van der Waals surface area contributed by atoms with Crippen molar-refractivity contribution in [2.45, 2.75) is 6.92 Å². The highest BCUT2D eigenvalue weighted by Crippen LogP contribution is 2.31. The van der Waals surface area contributed by atoms with Crippen molar-refractivity contribution in [3.05, 3.63) is 28.7 Å². The van der Waals surface area contributed by atoms with E-state index >= 15 is 0 Å². The fraction of sp³-hybridized carbons (Fsp3) is 0.273. The number of halogens is 2. The van der Waals surface area contributed by atoms with Crippen molar-refractivity contribution in [1.29, 1.82) is 0 Å². The highest BCUT2D eigenvalue weighted by molar-refractivity contribution is 7.94. The summed E-state index contributed by atoms with van der Waals surface area (Å²) in [5.41, 5.74) is 1.36. The van der Waals surface area contributed by atoms with E-state index in [1.807, 2.05) is 6.92 Å². The molecular formula is C11H11ClFN3OS. The number of nitrogens with zero attached hydrogens (tertiary/aromatic N) is 3. The van der Waals surface area contributed by atoms with E-state index in [2.05, 4.69) is 10.1 Å². The van der Waals surface area contributed by atoms with Crippen LogP contribution in [0.2, 0.25) is 5.02 Å². The van der Waals surface area contributed by atoms with E-state index in [-0.39, 0.29) is 10.7 Å². The van der Waals surface area contributed by atoms with Crippen LogP contribution in [0.1, 0.15) is 5.56 Å². The van der Waals surface area contributed by atoms with Crippen molar-refractivity contribution in [2.75, 3.05) is 6.26 Å². The predicted molar refractivity (Wildman–Crippen MR) is 70.3 cm³/mol. The molecule has 18 heavy (non-hydrogen) atoms. The van der Waals surface area contributed by atoms with Crippen LogP contribution in [0.15, 0.2) is 12.3 Å². The second kappa shape index (κ2) is 5.16. The minimum atomic E-state index is -0.501. The molecule has 0 amide bonds. The van der Waals surface area contributed by atoms with Gasteiger partial charge < -0.3 is 4.18 Å². The summed E-state index contributed by atoms with van der Waals surface area (Å²) in [5.74, 6) is 0.0769. The zero-order valence-corrected chi connectivity index (χ0v) is 11.6. The lowest BCUT2D eigenvalue weighted by Crippen LogP contribution is -1.94. The van der Waals surface area contributed by atoms with E-state index in [1.54, 1.807) is 18.0 Å². The summed E-state index contributed by atoms with van der Waals surface area (Å²) < 4.78 is 20.7. The Morgan fingerprint density at radius 2 is 2.17 bits per heavy atom. The van der Waals surface area contributed by atoms with Gasteiger partial charge in [-0.25, -0.2) is 14.1 Å². The summed E-state index contributed by atoms with van der Waals surface area (Å²) in [6.07, 6.45) is 3.19. The Balaban J connectivity index is 2.54. The van der Waals surface area contributed by atoms with Gasteiger partial charge in [-0.3, -0.25) is 0 Å². The molecule has 96 valence electrons. The predicted octanol–water partition coefficient (Wildman–Crippen LogP) is 3.24. The molecular weight excluding hydrogens is 277 g/mol. The highest BCUT2D eigenvalue weighted by Gasteiger charge is 2.19. The van der Waals surface area contributed by atoms with Gasteiger partial charge in [-0.1, -0.05) is 11.6 Å². The molecule has 0 aliphatic carbocycles. The second-order valence-electron chi connectivity index (χ2n) is 3.64. The molecule has 0 fully saturated rings. The van der Waals surface area contributed by atoms with Crippen molar-refractivity contribution in [2.24, 2.45) is 7.05 Å². The van der Waals surface area contributed by atoms with Crippen LogP contribution < -0.4 is 4.18 Å². The summed E-state index contributed by atoms with van der Waals surface area (Å²) in [6, 6.07) is 1.22. The summed E-state index contributed by atoms with van der Waals surface area (Å²) in [7, 11) is 1.73. The summed E-state index contributed by atoms with van der Waals surface area (Å²) >= 11 is 6.88. The number of pyridine rings is 1. The largest absolute Gasteiger partial charge is 0.406 e. The third kappa shape index (κ3) is 2.30. The first-order valence-corrected chi connectivity index (χ1v) is 6.63. The van der Waals surface area contributed by atoms with E-state index in [9.17, 15) is 4.39 Å². The second-order valence-corrected chi connectivity index (χ2v) is 4.57. The molecule has 2 rings (SSSR count). The molecule has 4 nitrogen and oxygen atoms in total. The minimum absolute atomic E-state index is 0.170. The van der Waals surface area contributed by atoms with Gasteiger partial charge in [-0.2, -0.15) is 5.10 Å². The van der Waals surface area contributed by atoms with Gasteiger partial charge >= 0.3 is 0 Å². The summed E-state index contributed by atoms with van der Waals surface area (Å²) in [4.78, 5) is 3.98. The molecule has 0 aliphatic rings. The van der Waals surface area contributed by atoms with Crippen molar-refractivity contribution in [3.63, 3.8) is 0 Å². The lowest BCUT2D eigenvalue weighted by Gasteiger charge is -2.02. The molecule has 0 saturated heterocycles. The van der Waals surface area contributed by atoms with E-state index in [4.69, 9.17) is 15.8 Å². The molecule has 0 unspecified atom stereocenters. The molecule has 0 aromatic carbocycles. The lowest BCUT2D eigenvalue weighted by atomic mass is 10.2. The summed E-state index contributed by atoms with van der Waals surface area (Å²) in [6.45, 7) is 1.81. The van der Waals surface area contributed by atoms with Crippen molar-refractivity contribution >= 4 is 23.6 Å². The number of hydrogen-bond acceptors (Lipinski definition) is 4. The fourth-order valence-electron chi connectivity index (χ4n) is 1.62. The molecule has 0 radical (unpaired) electrons. The Hall–Kier alpha value is -1.27. The first-order chi connectivity index (χ1) is 8.54. The van der Waals surface area contributed by atoms with Crippen molar-refractivity contribution in [1.82, 2.24) is 14.8 Å². The van der Waals surface area contributed by atoms with Crippen molar-refractivity contribution < 1.29 is 8.57 Å². The zero-order chi connectivity index (χ0) is 13.3. The number of hydrogen-bond donors (Lipinski definition) is 0. The molecule has 2 heterocycles. The molecule has 0 bridgehead atoms. The minimum Gasteiger partial charge on any atom is -0.406 e.